The summed E-state index contributed by atoms with van der Waals surface area (Å²) in [5.41, 5.74) is 1.14. The maximum atomic E-state index is 14.9. The first-order valence-electron chi connectivity index (χ1n) is 26.7. The van der Waals surface area contributed by atoms with Gasteiger partial charge in [0.1, 0.15) is 0 Å². The molecule has 0 aromatic heterocycles. The quantitative estimate of drug-likeness (QED) is 0.288. The van der Waals surface area contributed by atoms with Gasteiger partial charge >= 0.3 is 17.7 Å². The Morgan fingerprint density at radius 1 is 0.638 bits per heavy atom. The number of allylic oxidation sites excluding steroid dienone is 3. The van der Waals surface area contributed by atoms with Crippen molar-refractivity contribution in [2.75, 3.05) is 14.2 Å². The number of rotatable bonds is 2. The van der Waals surface area contributed by atoms with E-state index in [0.29, 0.717) is 22.8 Å². The van der Waals surface area contributed by atoms with Crippen LogP contribution in [0.4, 0.5) is 0 Å². The highest BCUT2D eigenvalue weighted by Gasteiger charge is 2.73. The molecule has 0 amide bonds. The summed E-state index contributed by atoms with van der Waals surface area (Å²) in [7, 11) is 3.03. The van der Waals surface area contributed by atoms with E-state index in [1.807, 2.05) is 26.0 Å². The first-order chi connectivity index (χ1) is 32.0. The predicted octanol–water partition coefficient (Wildman–Crippen LogP) is 12.2. The highest BCUT2D eigenvalue weighted by Crippen LogP contribution is 2.78. The van der Waals surface area contributed by atoms with E-state index >= 15 is 0 Å². The largest absolute Gasteiger partial charge is 0.471 e. The Hall–Kier alpha value is -3.72. The fraction of sp³-hybridized carbons (Fsp3) is 0.733. The molecule has 1 aromatic rings. The molecule has 15 atom stereocenters. The van der Waals surface area contributed by atoms with Gasteiger partial charge < -0.3 is 24.1 Å². The van der Waals surface area contributed by atoms with E-state index in [0.717, 1.165) is 113 Å². The molecular formula is C60H80O9. The van der Waals surface area contributed by atoms with Crippen molar-refractivity contribution in [3.05, 3.63) is 57.7 Å². The first kappa shape index (κ1) is 47.6. The maximum Gasteiger partial charge on any atom is 0.317 e. The maximum absolute atomic E-state index is 14.9. The van der Waals surface area contributed by atoms with Gasteiger partial charge in [-0.2, -0.15) is 0 Å². The van der Waals surface area contributed by atoms with Gasteiger partial charge in [0, 0.05) is 22.1 Å². The summed E-state index contributed by atoms with van der Waals surface area (Å²) in [4.78, 5) is 56.4. The van der Waals surface area contributed by atoms with Gasteiger partial charge in [-0.3, -0.25) is 19.2 Å². The third kappa shape index (κ3) is 5.43. The molecular weight excluding hydrogens is 865 g/mol. The second kappa shape index (κ2) is 13.9. The number of benzene rings is 1. The Kier molecular flexibility index (Phi) is 9.56. The van der Waals surface area contributed by atoms with E-state index in [1.165, 1.54) is 19.8 Å². The average Bonchev–Trinajstić information content (AvgIpc) is 3.30. The van der Waals surface area contributed by atoms with E-state index in [-0.39, 0.29) is 73.2 Å². The van der Waals surface area contributed by atoms with Gasteiger partial charge in [-0.25, -0.2) is 0 Å². The number of aliphatic hydroxyl groups is 1. The zero-order valence-corrected chi connectivity index (χ0v) is 44.4. The van der Waals surface area contributed by atoms with Crippen LogP contribution in [0, 0.1) is 73.4 Å². The minimum Gasteiger partial charge on any atom is -0.471 e. The van der Waals surface area contributed by atoms with Crippen LogP contribution in [-0.2, 0) is 29.3 Å². The van der Waals surface area contributed by atoms with E-state index in [4.69, 9.17) is 18.9 Å². The molecule has 9 nitrogen and oxygen atoms in total. The lowest BCUT2D eigenvalue weighted by molar-refractivity contribution is -0.236. The van der Waals surface area contributed by atoms with Gasteiger partial charge in [-0.05, 0) is 215 Å². The van der Waals surface area contributed by atoms with Crippen LogP contribution in [0.3, 0.4) is 0 Å². The SMILES string of the molecule is COC(=O)[C@]1(C)CC[C@]2(C)CC[C@]3(C)C4=CC(=O)c5c(cc6c(c5C)O[C@]5(O)C(=O)C=C7C(=CC[C@H]8[C@@]7(C)CC[C@@]7(C)[C@@H]9C[C@](C)(C(=O)OC)CC[C@]9(C)CC[C@]87C)[C@]5(C)O6)[C@]4(C)CC[C@@]3(C)[C@@H]2C1. The number of esters is 2. The topological polar surface area (TPSA) is 125 Å². The summed E-state index contributed by atoms with van der Waals surface area (Å²) in [6.45, 7) is 27.3. The monoisotopic (exact) mass is 945 g/mol. The predicted molar refractivity (Wildman–Crippen MR) is 263 cm³/mol. The summed E-state index contributed by atoms with van der Waals surface area (Å²) in [5.74, 6) is -1.66. The summed E-state index contributed by atoms with van der Waals surface area (Å²) in [5, 5.41) is 12.8. The molecule has 6 fully saturated rings. The average molecular weight is 945 g/mol. The summed E-state index contributed by atoms with van der Waals surface area (Å²) < 4.78 is 24.8. The molecule has 0 unspecified atom stereocenters. The van der Waals surface area contributed by atoms with E-state index in [1.54, 1.807) is 6.08 Å². The van der Waals surface area contributed by atoms with Gasteiger partial charge in [0.2, 0.25) is 11.4 Å². The van der Waals surface area contributed by atoms with Crippen molar-refractivity contribution in [1.82, 2.24) is 0 Å². The van der Waals surface area contributed by atoms with E-state index in [9.17, 15) is 24.3 Å². The molecule has 1 N–H and O–H groups in total. The standard InChI is InChI=1S/C60H80O9/c1-34-45-37(54(7)24-28-58(11)43-33-52(5,48(64)67-14)20-18-50(43,3)22-26-56(58,9)41(54)31-38(45)61)29-39-46(34)69-60(65)44(62)30-36-35(59(60,12)68-39)15-16-40-53(36,6)23-27-57(10)42-32-51(4,47(63)66-13)19-17-49(42,2)21-25-55(40,57)8/h15,29-31,40,42-43,65H,16-28,32-33H2,1-14H3/t40-,42+,43+,49+,50+,51+,52+,53-,54-,55+,56+,57-,58-,59-,60+/m0/s1. The lowest BCUT2D eigenvalue weighted by Gasteiger charge is -2.72. The van der Waals surface area contributed by atoms with E-state index < -0.39 is 33.4 Å². The molecule has 11 rings (SSSR count). The van der Waals surface area contributed by atoms with Crippen molar-refractivity contribution in [2.45, 2.75) is 196 Å². The molecule has 6 saturated carbocycles. The number of fused-ring (bicyclic) bond motifs is 17. The minimum absolute atomic E-state index is 0.0408. The Morgan fingerprint density at radius 2 is 1.17 bits per heavy atom. The van der Waals surface area contributed by atoms with Crippen molar-refractivity contribution in [3.8, 4) is 11.5 Å². The van der Waals surface area contributed by atoms with Crippen LogP contribution in [0.2, 0.25) is 0 Å². The molecule has 10 aliphatic rings. The molecule has 0 radical (unpaired) electrons. The van der Waals surface area contributed by atoms with Crippen molar-refractivity contribution in [3.63, 3.8) is 0 Å². The number of ketones is 2. The zero-order valence-electron chi connectivity index (χ0n) is 44.4. The third-order valence-electron chi connectivity index (χ3n) is 24.8. The van der Waals surface area contributed by atoms with Crippen molar-refractivity contribution in [2.24, 2.45) is 66.5 Å². The minimum atomic E-state index is -2.35. The van der Waals surface area contributed by atoms with Crippen LogP contribution >= 0.6 is 0 Å². The molecule has 0 saturated heterocycles. The first-order valence-corrected chi connectivity index (χ1v) is 26.7. The smallest absolute Gasteiger partial charge is 0.317 e. The Morgan fingerprint density at radius 3 is 1.78 bits per heavy atom. The zero-order chi connectivity index (χ0) is 49.9. The highest BCUT2D eigenvalue weighted by atomic mass is 16.7. The van der Waals surface area contributed by atoms with Crippen molar-refractivity contribution < 1.29 is 43.2 Å². The molecule has 69 heavy (non-hydrogen) atoms. The number of methoxy groups -OCH3 is 2. The Balaban J connectivity index is 0.959. The number of hydrogen-bond donors (Lipinski definition) is 1. The lowest BCUT2D eigenvalue weighted by Crippen LogP contribution is -2.71. The Labute approximate surface area is 411 Å². The molecule has 9 heteroatoms. The summed E-state index contributed by atoms with van der Waals surface area (Å²) in [6, 6.07) is 2.02. The van der Waals surface area contributed by atoms with Crippen LogP contribution < -0.4 is 9.47 Å². The molecule has 1 aliphatic heterocycles. The van der Waals surface area contributed by atoms with Crippen LogP contribution in [-0.4, -0.2) is 54.2 Å². The number of hydrogen-bond acceptors (Lipinski definition) is 9. The van der Waals surface area contributed by atoms with Gasteiger partial charge in [0.25, 0.3) is 0 Å². The van der Waals surface area contributed by atoms with Gasteiger partial charge in [-0.1, -0.05) is 61.5 Å². The summed E-state index contributed by atoms with van der Waals surface area (Å²) in [6.07, 6.45) is 19.6. The fourth-order valence-electron chi connectivity index (χ4n) is 19.5. The third-order valence-corrected chi connectivity index (χ3v) is 24.8. The normalized spacial score (nSPS) is 50.0. The number of carbonyl (C=O) groups excluding carboxylic acids is 4. The molecule has 1 aromatic carbocycles. The van der Waals surface area contributed by atoms with E-state index in [2.05, 4.69) is 75.3 Å². The van der Waals surface area contributed by atoms with Gasteiger partial charge in [0.15, 0.2) is 17.3 Å². The molecule has 374 valence electrons. The molecule has 1 heterocycles. The van der Waals surface area contributed by atoms with Crippen LogP contribution in [0.15, 0.2) is 41.0 Å². The Bertz CT molecular complexity index is 2660. The number of ether oxygens (including phenoxy) is 4. The van der Waals surface area contributed by atoms with Crippen LogP contribution in [0.5, 0.6) is 11.5 Å². The molecule has 9 aliphatic carbocycles. The molecule has 0 spiro atoms. The van der Waals surface area contributed by atoms with Gasteiger partial charge in [-0.15, -0.1) is 0 Å². The second-order valence-corrected chi connectivity index (χ2v) is 27.6. The van der Waals surface area contributed by atoms with Crippen LogP contribution in [0.25, 0.3) is 0 Å². The van der Waals surface area contributed by atoms with Crippen molar-refractivity contribution in [1.29, 1.82) is 0 Å². The number of carbonyl (C=O) groups is 4. The fourth-order valence-corrected chi connectivity index (χ4v) is 19.5. The second-order valence-electron chi connectivity index (χ2n) is 27.6. The highest BCUT2D eigenvalue weighted by molar-refractivity contribution is 6.10. The van der Waals surface area contributed by atoms with Crippen molar-refractivity contribution >= 4 is 23.5 Å². The summed E-state index contributed by atoms with van der Waals surface area (Å²) >= 11 is 0. The lowest BCUT2D eigenvalue weighted by atomic mass is 9.32. The van der Waals surface area contributed by atoms with Gasteiger partial charge in [0.05, 0.1) is 25.0 Å². The molecule has 0 bridgehead atoms. The van der Waals surface area contributed by atoms with Crippen LogP contribution in [0.1, 0.15) is 194 Å².